The average Bonchev–Trinajstić information content (AvgIpc) is 1.51. The van der Waals surface area contributed by atoms with E-state index in [4.69, 9.17) is 27.1 Å². The molecule has 0 radical (unpaired) electrons. The SMILES string of the molecule is C#CC[C@H](NC)C(=O)N[C@@H](CC(=O)O)C(=O)N[C@@H](CC#C)C(=O)N[C@@H](CSSCCOC(=O)NNC(=O)[C@@]1(O)[C@H](O)[C@]2(CC)C=C(C)CN3CC[C@@]4(c5cc([C@](CCC[C@@](C)(O)CC)(C(=O)OC)c6[nH]c7ccccc7c6CCNC)c(OC)cc5N(C)[C@@H]14)[C@@H]32)C(=O)O. The van der Waals surface area contributed by atoms with Gasteiger partial charge in [-0.15, -0.1) is 24.7 Å². The molecule has 2 fully saturated rings. The molecule has 3 aliphatic heterocycles. The Balaban J connectivity index is 1.12. The highest BCUT2D eigenvalue weighted by molar-refractivity contribution is 8.76. The molecule has 0 unspecified atom stereocenters. The van der Waals surface area contributed by atoms with Gasteiger partial charge < -0.3 is 76.2 Å². The summed E-state index contributed by atoms with van der Waals surface area (Å²) in [6, 6.07) is 4.18. The molecule has 93 heavy (non-hydrogen) atoms. The third-order valence-electron chi connectivity index (χ3n) is 19.0. The molecule has 26 nitrogen and oxygen atoms in total. The first-order chi connectivity index (χ1) is 44.2. The van der Waals surface area contributed by atoms with Gasteiger partial charge in [-0.2, -0.15) is 0 Å². The van der Waals surface area contributed by atoms with Gasteiger partial charge in [-0.05, 0) is 109 Å². The van der Waals surface area contributed by atoms with Gasteiger partial charge in [0, 0.05) is 88.7 Å². The van der Waals surface area contributed by atoms with E-state index in [0.29, 0.717) is 80.0 Å². The fourth-order valence-corrected chi connectivity index (χ4v) is 16.5. The van der Waals surface area contributed by atoms with E-state index < -0.39 is 130 Å². The second-order valence-electron chi connectivity index (χ2n) is 24.5. The Morgan fingerprint density at radius 2 is 1.57 bits per heavy atom. The number of carboxylic acids is 2. The highest BCUT2D eigenvalue weighted by Gasteiger charge is 2.79. The maximum atomic E-state index is 15.4. The Hall–Kier alpha value is -7.54. The number of aliphatic hydroxyl groups is 3. The minimum absolute atomic E-state index is 0.0627. The van der Waals surface area contributed by atoms with Crippen LogP contribution >= 0.6 is 21.6 Å². The predicted octanol–water partition coefficient (Wildman–Crippen LogP) is 2.11. The maximum absolute atomic E-state index is 15.4. The molecule has 1 aromatic heterocycles. The van der Waals surface area contributed by atoms with Gasteiger partial charge in [-0.25, -0.2) is 15.0 Å². The van der Waals surface area contributed by atoms with Crippen molar-refractivity contribution >= 4 is 85.8 Å². The third kappa shape index (κ3) is 14.3. The number of methoxy groups -OCH3 is 2. The van der Waals surface area contributed by atoms with E-state index in [1.807, 2.05) is 70.3 Å². The molecule has 5 amide bonds. The number of hydrogen-bond acceptors (Lipinski definition) is 20. The Morgan fingerprint density at radius 3 is 2.20 bits per heavy atom. The molecule has 506 valence electrons. The van der Waals surface area contributed by atoms with E-state index in [9.17, 15) is 54.3 Å². The van der Waals surface area contributed by atoms with Crippen LogP contribution in [0.2, 0.25) is 0 Å². The van der Waals surface area contributed by atoms with Crippen LogP contribution in [0, 0.1) is 30.1 Å². The van der Waals surface area contributed by atoms with E-state index in [1.165, 1.54) is 21.3 Å². The summed E-state index contributed by atoms with van der Waals surface area (Å²) in [6.45, 7) is 8.84. The van der Waals surface area contributed by atoms with E-state index in [0.717, 1.165) is 43.6 Å². The predicted molar refractivity (Wildman–Crippen MR) is 351 cm³/mol. The van der Waals surface area contributed by atoms with Crippen LogP contribution < -0.4 is 47.1 Å². The number of aromatic nitrogens is 1. The van der Waals surface area contributed by atoms with Crippen LogP contribution in [0.1, 0.15) is 108 Å². The topological polar surface area (TPSA) is 372 Å². The summed E-state index contributed by atoms with van der Waals surface area (Å²) in [5.74, 6) is -2.86. The summed E-state index contributed by atoms with van der Waals surface area (Å²) < 4.78 is 17.6. The number of H-pyrrole nitrogens is 1. The van der Waals surface area contributed by atoms with Crippen molar-refractivity contribution in [2.45, 2.75) is 156 Å². The van der Waals surface area contributed by atoms with Gasteiger partial charge in [0.25, 0.3) is 5.91 Å². The van der Waals surface area contributed by atoms with Gasteiger partial charge in [-0.1, -0.05) is 65.3 Å². The molecule has 28 heteroatoms. The molecule has 1 saturated heterocycles. The smallest absolute Gasteiger partial charge is 0.426 e. The Kier molecular flexibility index (Phi) is 24.0. The van der Waals surface area contributed by atoms with Crippen molar-refractivity contribution in [2.75, 3.05) is 78.0 Å². The first-order valence-corrected chi connectivity index (χ1v) is 33.4. The van der Waals surface area contributed by atoms with Crippen LogP contribution in [0.4, 0.5) is 10.5 Å². The number of carbonyl (C=O) groups excluding carboxylic acids is 6. The van der Waals surface area contributed by atoms with Gasteiger partial charge in [-0.3, -0.25) is 39.1 Å². The van der Waals surface area contributed by atoms with Gasteiger partial charge in [0.1, 0.15) is 42.0 Å². The van der Waals surface area contributed by atoms with E-state index >= 15 is 9.59 Å². The molecule has 1 saturated carbocycles. The molecule has 2 aromatic carbocycles. The molecule has 1 aliphatic carbocycles. The molecular weight excluding hydrogens is 1240 g/mol. The van der Waals surface area contributed by atoms with Crippen molar-refractivity contribution in [3.05, 3.63) is 70.4 Å². The molecule has 4 aliphatic rings. The Morgan fingerprint density at radius 1 is 0.903 bits per heavy atom. The van der Waals surface area contributed by atoms with Crippen LogP contribution in [-0.4, -0.2) is 210 Å². The molecule has 12 atom stereocenters. The van der Waals surface area contributed by atoms with Crippen LogP contribution in [0.3, 0.4) is 0 Å². The number of ether oxygens (including phenoxy) is 3. The average molecular weight is 1330 g/mol. The van der Waals surface area contributed by atoms with Crippen molar-refractivity contribution < 1.29 is 78.1 Å². The van der Waals surface area contributed by atoms with Gasteiger partial charge in [0.05, 0.1) is 38.3 Å². The van der Waals surface area contributed by atoms with Gasteiger partial charge in [0.2, 0.25) is 17.7 Å². The quantitative estimate of drug-likeness (QED) is 0.0106. The number of nitrogens with zero attached hydrogens (tertiary/aromatic N) is 2. The zero-order valence-electron chi connectivity index (χ0n) is 54.0. The summed E-state index contributed by atoms with van der Waals surface area (Å²) in [4.78, 5) is 115. The first-order valence-electron chi connectivity index (χ1n) is 30.9. The number of aliphatic carboxylic acids is 2. The highest BCUT2D eigenvalue weighted by Crippen LogP contribution is 2.68. The number of hydrogen-bond donors (Lipinski definition) is 13. The number of esters is 1. The monoisotopic (exact) mass is 1330 g/mol. The van der Waals surface area contributed by atoms with Crippen LogP contribution in [0.5, 0.6) is 5.75 Å². The number of carbonyl (C=O) groups is 8. The number of rotatable bonds is 32. The number of benzene rings is 2. The number of aliphatic hydroxyl groups excluding tert-OH is 1. The largest absolute Gasteiger partial charge is 0.496 e. The standard InChI is InChI=1S/C65H88N10O16S2/c1-12-19-43(67-8)51(78)70-45(32-49(76)77)53(80)69-44(20-13-2)52(79)71-46(54(81)82)36-93-92-30-29-91-60(86)73-72-58(84)65(88)56-64(26-28-75-35-37(5)34-62(15-4,55(64)75)57(65)83)40-31-41(48(89-10)33-47(40)74(56)9)63(59(85)90-11,25-18-24-61(6,87)14-3)50-39(23-27-66-7)38-21-16-17-22-42(38)68-50/h1-2,16-17,21-22,31,33-34,43-46,55-57,66-68,83,87-88H,14-15,18-20,23-30,32,35-36H2,3-11H3,(H,69,80)(H,70,78)(H,71,79)(H,72,84)(H,73,86)(H,76,77)(H,81,82)/t43-,44-,45-,46-,55-,56+,57+,61-,62+,63-,64+,65-/m0/s1. The molecule has 13 N–H and O–H groups in total. The maximum Gasteiger partial charge on any atom is 0.426 e. The number of nitrogens with one attached hydrogen (secondary N) is 8. The Bertz CT molecular complexity index is 3420. The minimum atomic E-state index is -2.68. The van der Waals surface area contributed by atoms with Crippen molar-refractivity contribution in [1.29, 1.82) is 0 Å². The minimum Gasteiger partial charge on any atom is -0.496 e. The van der Waals surface area contributed by atoms with E-state index in [2.05, 4.69) is 59.2 Å². The number of fused-ring (bicyclic) bond motifs is 2. The van der Waals surface area contributed by atoms with Gasteiger partial charge >= 0.3 is 24.0 Å². The van der Waals surface area contributed by atoms with Crippen molar-refractivity contribution in [2.24, 2.45) is 5.41 Å². The van der Waals surface area contributed by atoms with Crippen LogP contribution in [0.25, 0.3) is 10.9 Å². The number of likely N-dealkylation sites (N-methyl/N-ethyl adjacent to an activating group) is 3. The number of hydrazine groups is 1. The fourth-order valence-electron chi connectivity index (χ4n) is 14.6. The van der Waals surface area contributed by atoms with Crippen molar-refractivity contribution in [3.63, 3.8) is 0 Å². The number of terminal acetylenes is 2. The first kappa shape index (κ1) is 72.9. The van der Waals surface area contributed by atoms with Gasteiger partial charge in [0.15, 0.2) is 5.60 Å². The molecule has 3 aromatic rings. The van der Waals surface area contributed by atoms with Crippen LogP contribution in [0.15, 0.2) is 48.0 Å². The zero-order chi connectivity index (χ0) is 68.4. The summed E-state index contributed by atoms with van der Waals surface area (Å²) in [6.07, 6.45) is 11.0. The molecule has 1 spiro atoms. The summed E-state index contributed by atoms with van der Waals surface area (Å²) >= 11 is 0. The van der Waals surface area contributed by atoms with Crippen molar-refractivity contribution in [1.82, 2.24) is 47.3 Å². The Labute approximate surface area is 549 Å². The lowest BCUT2D eigenvalue weighted by atomic mass is 9.47. The van der Waals surface area contributed by atoms with Crippen LogP contribution in [-0.2, 0) is 60.3 Å². The second-order valence-corrected chi connectivity index (χ2v) is 27.1. The lowest BCUT2D eigenvalue weighted by Gasteiger charge is -2.63. The summed E-state index contributed by atoms with van der Waals surface area (Å²) in [5.41, 5.74) is 1.79. The number of anilines is 1. The highest BCUT2D eigenvalue weighted by atomic mass is 33.1. The zero-order valence-corrected chi connectivity index (χ0v) is 55.6. The van der Waals surface area contributed by atoms with E-state index in [1.54, 1.807) is 18.9 Å². The van der Waals surface area contributed by atoms with E-state index in [-0.39, 0.29) is 37.4 Å². The number of para-hydroxylation sites is 1. The molecule has 0 bridgehead atoms. The summed E-state index contributed by atoms with van der Waals surface area (Å²) in [5, 5.41) is 71.4. The fraction of sp³-hybridized carbons (Fsp3) is 0.569. The molecule has 4 heterocycles. The van der Waals surface area contributed by atoms with Crippen molar-refractivity contribution in [3.8, 4) is 30.4 Å². The normalized spacial score (nSPS) is 23.7. The number of carboxylic acid groups (broad SMARTS) is 2. The number of amides is 5. The molecule has 7 rings (SSSR count). The lowest BCUT2D eigenvalue weighted by Crippen LogP contribution is -2.82. The summed E-state index contributed by atoms with van der Waals surface area (Å²) in [7, 11) is 9.93. The number of aromatic amines is 1. The second kappa shape index (κ2) is 30.7. The lowest BCUT2D eigenvalue weighted by molar-refractivity contribution is -0.204. The molecular formula is C65H88N10O16S2. The third-order valence-corrected chi connectivity index (χ3v) is 21.4.